The van der Waals surface area contributed by atoms with Crippen LogP contribution in [0.15, 0.2) is 41.0 Å². The third-order valence-electron chi connectivity index (χ3n) is 3.80. The lowest BCUT2D eigenvalue weighted by Gasteiger charge is -2.21. The first-order valence-electron chi connectivity index (χ1n) is 7.34. The molecular weight excluding hydrogens is 394 g/mol. The highest BCUT2D eigenvalue weighted by Gasteiger charge is 2.26. The molecule has 2 aromatic carbocycles. The van der Waals surface area contributed by atoms with E-state index in [2.05, 4.69) is 20.9 Å². The van der Waals surface area contributed by atoms with Crippen molar-refractivity contribution < 1.29 is 18.3 Å². The Bertz CT molecular complexity index is 985. The van der Waals surface area contributed by atoms with Gasteiger partial charge in [-0.15, -0.1) is 0 Å². The van der Waals surface area contributed by atoms with E-state index in [-0.39, 0.29) is 11.1 Å². The summed E-state index contributed by atoms with van der Waals surface area (Å²) < 4.78 is 34.2. The molecule has 128 valence electrons. The van der Waals surface area contributed by atoms with Crippen molar-refractivity contribution in [3.63, 3.8) is 0 Å². The zero-order chi connectivity index (χ0) is 18.1. The van der Waals surface area contributed by atoms with Crippen molar-refractivity contribution in [3.8, 4) is 0 Å². The molecule has 1 aromatic heterocycles. The first-order valence-corrected chi connectivity index (χ1v) is 8.13. The number of aromatic amines is 1. The molecule has 3 aromatic rings. The van der Waals surface area contributed by atoms with Crippen molar-refractivity contribution in [2.75, 3.05) is 0 Å². The Balaban J connectivity index is 2.23. The molecule has 0 saturated heterocycles. The SMILES string of the molecule is CC(=O)OC(c1ccc(F)c(C=N)c1)c1c(F)cc2[nH]ccc2c1Br. The molecule has 0 spiro atoms. The van der Waals surface area contributed by atoms with Gasteiger partial charge in [0.05, 0.1) is 0 Å². The lowest BCUT2D eigenvalue weighted by molar-refractivity contribution is -0.144. The molecule has 7 heteroatoms. The molecule has 1 heterocycles. The van der Waals surface area contributed by atoms with E-state index in [0.29, 0.717) is 15.6 Å². The predicted octanol–water partition coefficient (Wildman–Crippen LogP) is 4.86. The maximum Gasteiger partial charge on any atom is 0.303 e. The number of hydrogen-bond donors (Lipinski definition) is 2. The second-order valence-corrected chi connectivity index (χ2v) is 6.23. The molecule has 1 atom stereocenters. The molecule has 25 heavy (non-hydrogen) atoms. The van der Waals surface area contributed by atoms with Gasteiger partial charge in [-0.1, -0.05) is 6.07 Å². The summed E-state index contributed by atoms with van der Waals surface area (Å²) in [6.07, 6.45) is 1.44. The summed E-state index contributed by atoms with van der Waals surface area (Å²) in [7, 11) is 0. The van der Waals surface area contributed by atoms with E-state index in [9.17, 15) is 13.6 Å². The Labute approximate surface area is 150 Å². The second kappa shape index (κ2) is 6.76. The van der Waals surface area contributed by atoms with Crippen molar-refractivity contribution in [2.45, 2.75) is 13.0 Å². The van der Waals surface area contributed by atoms with Crippen molar-refractivity contribution >= 4 is 39.0 Å². The molecule has 4 nitrogen and oxygen atoms in total. The number of hydrogen-bond acceptors (Lipinski definition) is 3. The average Bonchev–Trinajstić information content (AvgIpc) is 3.02. The van der Waals surface area contributed by atoms with Crippen LogP contribution in [0.4, 0.5) is 8.78 Å². The van der Waals surface area contributed by atoms with Gasteiger partial charge in [-0.3, -0.25) is 4.79 Å². The Hall–Kier alpha value is -2.54. The monoisotopic (exact) mass is 406 g/mol. The number of aromatic nitrogens is 1. The van der Waals surface area contributed by atoms with Crippen LogP contribution in [0.25, 0.3) is 10.9 Å². The number of esters is 1. The minimum atomic E-state index is -1.08. The van der Waals surface area contributed by atoms with Gasteiger partial charge in [0.15, 0.2) is 6.10 Å². The van der Waals surface area contributed by atoms with Gasteiger partial charge in [0, 0.05) is 45.8 Å². The largest absolute Gasteiger partial charge is 0.453 e. The summed E-state index contributed by atoms with van der Waals surface area (Å²) in [6, 6.07) is 7.01. The van der Waals surface area contributed by atoms with Crippen molar-refractivity contribution in [1.29, 1.82) is 5.41 Å². The summed E-state index contributed by atoms with van der Waals surface area (Å²) in [5, 5.41) is 8.00. The van der Waals surface area contributed by atoms with E-state index >= 15 is 0 Å². The van der Waals surface area contributed by atoms with E-state index in [1.807, 2.05) is 0 Å². The summed E-state index contributed by atoms with van der Waals surface area (Å²) in [5.41, 5.74) is 1.11. The molecule has 0 bridgehead atoms. The number of benzene rings is 2. The van der Waals surface area contributed by atoms with E-state index in [1.165, 1.54) is 25.1 Å². The highest BCUT2D eigenvalue weighted by Crippen LogP contribution is 2.38. The van der Waals surface area contributed by atoms with Gasteiger partial charge >= 0.3 is 5.97 Å². The number of fused-ring (bicyclic) bond motifs is 1. The van der Waals surface area contributed by atoms with E-state index in [0.717, 1.165) is 17.7 Å². The number of H-pyrrole nitrogens is 1. The topological polar surface area (TPSA) is 65.9 Å². The van der Waals surface area contributed by atoms with Crippen LogP contribution in [0, 0.1) is 17.0 Å². The first kappa shape index (κ1) is 17.3. The predicted molar refractivity (Wildman–Crippen MR) is 93.9 cm³/mol. The number of carbonyl (C=O) groups is 1. The zero-order valence-electron chi connectivity index (χ0n) is 13.1. The summed E-state index contributed by atoms with van der Waals surface area (Å²) in [4.78, 5) is 14.5. The fourth-order valence-corrected chi connectivity index (χ4v) is 3.43. The minimum absolute atomic E-state index is 0.0221. The molecule has 0 saturated carbocycles. The van der Waals surface area contributed by atoms with Crippen LogP contribution >= 0.6 is 15.9 Å². The molecule has 2 N–H and O–H groups in total. The lowest BCUT2D eigenvalue weighted by Crippen LogP contribution is -2.13. The van der Waals surface area contributed by atoms with Gasteiger partial charge in [-0.25, -0.2) is 8.78 Å². The van der Waals surface area contributed by atoms with Crippen LogP contribution in [0.2, 0.25) is 0 Å². The first-order chi connectivity index (χ1) is 11.9. The van der Waals surface area contributed by atoms with Crippen LogP contribution in [0.3, 0.4) is 0 Å². The molecule has 1 unspecified atom stereocenters. The Kier molecular flexibility index (Phi) is 4.67. The third-order valence-corrected chi connectivity index (χ3v) is 4.66. The van der Waals surface area contributed by atoms with Gasteiger partial charge < -0.3 is 15.1 Å². The quantitative estimate of drug-likeness (QED) is 0.479. The number of rotatable bonds is 4. The Morgan fingerprint density at radius 2 is 2.04 bits per heavy atom. The summed E-state index contributed by atoms with van der Waals surface area (Å²) >= 11 is 3.38. The van der Waals surface area contributed by atoms with Gasteiger partial charge in [-0.2, -0.15) is 0 Å². The maximum atomic E-state index is 14.7. The zero-order valence-corrected chi connectivity index (χ0v) is 14.7. The van der Waals surface area contributed by atoms with Gasteiger partial charge in [0.25, 0.3) is 0 Å². The molecule has 0 aliphatic heterocycles. The minimum Gasteiger partial charge on any atom is -0.453 e. The fourth-order valence-electron chi connectivity index (χ4n) is 2.68. The number of ether oxygens (including phenoxy) is 1. The standard InChI is InChI=1S/C18H13BrF2N2O2/c1-9(24)25-18(10-2-3-13(20)11(6-10)8-22)16-14(21)7-15-12(17(16)19)4-5-23-15/h2-8,18,22-23H,1H3. The van der Waals surface area contributed by atoms with Crippen LogP contribution in [-0.4, -0.2) is 17.2 Å². The maximum absolute atomic E-state index is 14.7. The molecule has 0 radical (unpaired) electrons. The number of halogens is 3. The van der Waals surface area contributed by atoms with Crippen LogP contribution < -0.4 is 0 Å². The number of nitrogens with one attached hydrogen (secondary N) is 2. The molecule has 0 aliphatic carbocycles. The van der Waals surface area contributed by atoms with Crippen LogP contribution in [0.5, 0.6) is 0 Å². The molecule has 3 rings (SSSR count). The van der Waals surface area contributed by atoms with Gasteiger partial charge in [0.2, 0.25) is 0 Å². The van der Waals surface area contributed by atoms with Crippen LogP contribution in [0.1, 0.15) is 29.7 Å². The van der Waals surface area contributed by atoms with Crippen molar-refractivity contribution in [1.82, 2.24) is 4.98 Å². The van der Waals surface area contributed by atoms with Gasteiger partial charge in [-0.05, 0) is 45.8 Å². The fraction of sp³-hybridized carbons (Fsp3) is 0.111. The highest BCUT2D eigenvalue weighted by molar-refractivity contribution is 9.10. The Morgan fingerprint density at radius 3 is 2.72 bits per heavy atom. The van der Waals surface area contributed by atoms with E-state index in [4.69, 9.17) is 10.1 Å². The molecule has 0 fully saturated rings. The van der Waals surface area contributed by atoms with Crippen LogP contribution in [-0.2, 0) is 9.53 Å². The molecule has 0 aliphatic rings. The number of carbonyl (C=O) groups excluding carboxylic acids is 1. The normalized spacial score (nSPS) is 12.2. The Morgan fingerprint density at radius 1 is 1.28 bits per heavy atom. The van der Waals surface area contributed by atoms with E-state index < -0.39 is 23.7 Å². The third kappa shape index (κ3) is 3.19. The smallest absolute Gasteiger partial charge is 0.303 e. The van der Waals surface area contributed by atoms with E-state index in [1.54, 1.807) is 12.3 Å². The van der Waals surface area contributed by atoms with Crippen molar-refractivity contribution in [3.05, 3.63) is 69.3 Å². The molecule has 0 amide bonds. The average molecular weight is 407 g/mol. The lowest BCUT2D eigenvalue weighted by atomic mass is 9.97. The van der Waals surface area contributed by atoms with Gasteiger partial charge in [0.1, 0.15) is 11.6 Å². The second-order valence-electron chi connectivity index (χ2n) is 5.44. The summed E-state index contributed by atoms with van der Waals surface area (Å²) in [6.45, 7) is 1.22. The summed E-state index contributed by atoms with van der Waals surface area (Å²) in [5.74, 6) is -1.76. The van der Waals surface area contributed by atoms with Crippen molar-refractivity contribution in [2.24, 2.45) is 0 Å². The molecular formula is C18H13BrF2N2O2. The highest BCUT2D eigenvalue weighted by atomic mass is 79.9.